The molecule has 1 aliphatic rings. The van der Waals surface area contributed by atoms with Gasteiger partial charge in [-0.25, -0.2) is 14.8 Å². The Labute approximate surface area is 140 Å². The number of amides is 1. The second-order valence-corrected chi connectivity index (χ2v) is 6.96. The van der Waals surface area contributed by atoms with Crippen molar-refractivity contribution < 1.29 is 9.53 Å². The molecule has 2 rings (SSSR count). The molecule has 1 saturated heterocycles. The van der Waals surface area contributed by atoms with E-state index in [0.717, 1.165) is 12.8 Å². The van der Waals surface area contributed by atoms with Crippen molar-refractivity contribution in [3.8, 4) is 0 Å². The normalized spacial score (nSPS) is 16.5. The molecule has 0 unspecified atom stereocenters. The molecule has 0 aliphatic carbocycles. The first kappa shape index (κ1) is 17.1. The van der Waals surface area contributed by atoms with Gasteiger partial charge in [0.15, 0.2) is 0 Å². The van der Waals surface area contributed by atoms with E-state index in [2.05, 4.69) is 15.3 Å². The van der Waals surface area contributed by atoms with E-state index in [1.54, 1.807) is 11.0 Å². The average molecular weight is 347 g/mol. The minimum Gasteiger partial charge on any atom is -0.444 e. The van der Waals surface area contributed by atoms with Crippen LogP contribution in [0, 0.1) is 0 Å². The summed E-state index contributed by atoms with van der Waals surface area (Å²) in [6, 6.07) is 1.84. The predicted octanol–water partition coefficient (Wildman–Crippen LogP) is 3.59. The van der Waals surface area contributed by atoms with Crippen LogP contribution in [-0.4, -0.2) is 45.7 Å². The average Bonchev–Trinajstić information content (AvgIpc) is 2.36. The number of piperidine rings is 1. The summed E-state index contributed by atoms with van der Waals surface area (Å²) in [7, 11) is 0. The molecule has 1 amide bonds. The van der Waals surface area contributed by atoms with Crippen molar-refractivity contribution in [3.05, 3.63) is 16.5 Å². The molecule has 0 atom stereocenters. The molecule has 1 aliphatic heterocycles. The maximum absolute atomic E-state index is 12.0. The predicted molar refractivity (Wildman–Crippen MR) is 86.5 cm³/mol. The zero-order valence-electron chi connectivity index (χ0n) is 12.9. The fourth-order valence-corrected chi connectivity index (χ4v) is 2.61. The Balaban J connectivity index is 1.86. The molecule has 6 nitrogen and oxygen atoms in total. The van der Waals surface area contributed by atoms with Crippen molar-refractivity contribution in [1.29, 1.82) is 0 Å². The van der Waals surface area contributed by atoms with Crippen LogP contribution in [-0.2, 0) is 4.74 Å². The molecule has 1 aromatic heterocycles. The molecule has 22 heavy (non-hydrogen) atoms. The van der Waals surface area contributed by atoms with Gasteiger partial charge in [0.25, 0.3) is 0 Å². The number of carbonyl (C=O) groups is 1. The van der Waals surface area contributed by atoms with Crippen molar-refractivity contribution in [1.82, 2.24) is 14.9 Å². The Morgan fingerprint density at radius 2 is 1.95 bits per heavy atom. The van der Waals surface area contributed by atoms with E-state index in [9.17, 15) is 4.79 Å². The SMILES string of the molecule is CC(C)(C)OC(=O)N1CCC(Nc2cc(Cl)nc(Cl)n2)CC1. The van der Waals surface area contributed by atoms with E-state index >= 15 is 0 Å². The number of nitrogens with one attached hydrogen (secondary N) is 1. The lowest BCUT2D eigenvalue weighted by atomic mass is 10.1. The third kappa shape index (κ3) is 5.18. The highest BCUT2D eigenvalue weighted by Gasteiger charge is 2.27. The van der Waals surface area contributed by atoms with E-state index in [4.69, 9.17) is 27.9 Å². The third-order valence-corrected chi connectivity index (χ3v) is 3.53. The number of nitrogens with zero attached hydrogens (tertiary/aromatic N) is 3. The van der Waals surface area contributed by atoms with Crippen molar-refractivity contribution in [2.75, 3.05) is 18.4 Å². The number of hydrogen-bond donors (Lipinski definition) is 1. The second-order valence-electron chi connectivity index (χ2n) is 6.23. The maximum atomic E-state index is 12.0. The maximum Gasteiger partial charge on any atom is 0.410 e. The van der Waals surface area contributed by atoms with Gasteiger partial charge < -0.3 is 15.0 Å². The molecule has 0 saturated carbocycles. The second kappa shape index (κ2) is 6.87. The van der Waals surface area contributed by atoms with Crippen molar-refractivity contribution in [2.24, 2.45) is 0 Å². The molecule has 8 heteroatoms. The molecule has 0 aromatic carbocycles. The minimum atomic E-state index is -0.472. The number of carbonyl (C=O) groups excluding carboxylic acids is 1. The summed E-state index contributed by atoms with van der Waals surface area (Å²) in [4.78, 5) is 21.6. The Bertz CT molecular complexity index is 520. The molecule has 0 radical (unpaired) electrons. The summed E-state index contributed by atoms with van der Waals surface area (Å²) in [6.07, 6.45) is 1.34. The van der Waals surface area contributed by atoms with Gasteiger partial charge in [-0.2, -0.15) is 0 Å². The summed E-state index contributed by atoms with van der Waals surface area (Å²) in [5, 5.41) is 3.68. The molecule has 0 bridgehead atoms. The highest BCUT2D eigenvalue weighted by atomic mass is 35.5. The summed E-state index contributed by atoms with van der Waals surface area (Å²) in [6.45, 7) is 6.86. The van der Waals surface area contributed by atoms with Gasteiger partial charge in [-0.3, -0.25) is 0 Å². The van der Waals surface area contributed by atoms with Gasteiger partial charge in [0.2, 0.25) is 5.28 Å². The first-order chi connectivity index (χ1) is 10.2. The Kier molecular flexibility index (Phi) is 5.34. The van der Waals surface area contributed by atoms with E-state index < -0.39 is 5.60 Å². The van der Waals surface area contributed by atoms with E-state index in [1.165, 1.54) is 0 Å². The molecule has 0 spiro atoms. The van der Waals surface area contributed by atoms with E-state index in [-0.39, 0.29) is 17.4 Å². The number of anilines is 1. The lowest BCUT2D eigenvalue weighted by Gasteiger charge is -2.33. The van der Waals surface area contributed by atoms with Gasteiger partial charge >= 0.3 is 6.09 Å². The largest absolute Gasteiger partial charge is 0.444 e. The van der Waals surface area contributed by atoms with E-state index in [1.807, 2.05) is 20.8 Å². The Morgan fingerprint density at radius 1 is 1.32 bits per heavy atom. The standard InChI is InChI=1S/C14H20Cl2N4O2/c1-14(2,3)22-13(21)20-6-4-9(5-7-20)17-11-8-10(15)18-12(16)19-11/h8-9H,4-7H2,1-3H3,(H,17,18,19). The van der Waals surface area contributed by atoms with Crippen LogP contribution in [0.2, 0.25) is 10.4 Å². The van der Waals surface area contributed by atoms with Crippen LogP contribution in [0.1, 0.15) is 33.6 Å². The van der Waals surface area contributed by atoms with Gasteiger partial charge in [-0.05, 0) is 45.2 Å². The summed E-state index contributed by atoms with van der Waals surface area (Å²) >= 11 is 11.6. The monoisotopic (exact) mass is 346 g/mol. The number of ether oxygens (including phenoxy) is 1. The third-order valence-electron chi connectivity index (χ3n) is 3.17. The van der Waals surface area contributed by atoms with Gasteiger partial charge in [0.1, 0.15) is 16.6 Å². The number of rotatable bonds is 2. The Morgan fingerprint density at radius 3 is 2.50 bits per heavy atom. The number of halogens is 2. The topological polar surface area (TPSA) is 67.3 Å². The molecule has 122 valence electrons. The summed E-state index contributed by atoms with van der Waals surface area (Å²) in [5.41, 5.74) is -0.472. The van der Waals surface area contributed by atoms with Gasteiger partial charge in [-0.1, -0.05) is 11.6 Å². The molecule has 1 N–H and O–H groups in total. The smallest absolute Gasteiger partial charge is 0.410 e. The first-order valence-corrected chi connectivity index (χ1v) is 7.93. The fraction of sp³-hybridized carbons (Fsp3) is 0.643. The zero-order chi connectivity index (χ0) is 16.3. The quantitative estimate of drug-likeness (QED) is 0.654. The van der Waals surface area contributed by atoms with Crippen molar-refractivity contribution >= 4 is 35.1 Å². The minimum absolute atomic E-state index is 0.112. The lowest BCUT2D eigenvalue weighted by Crippen LogP contribution is -2.44. The van der Waals surface area contributed by atoms with Crippen LogP contribution in [0.25, 0.3) is 0 Å². The van der Waals surface area contributed by atoms with Crippen LogP contribution in [0.5, 0.6) is 0 Å². The lowest BCUT2D eigenvalue weighted by molar-refractivity contribution is 0.0210. The number of aromatic nitrogens is 2. The van der Waals surface area contributed by atoms with Crippen LogP contribution in [0.15, 0.2) is 6.07 Å². The number of likely N-dealkylation sites (tertiary alicyclic amines) is 1. The van der Waals surface area contributed by atoms with Crippen LogP contribution in [0.3, 0.4) is 0 Å². The fourth-order valence-electron chi connectivity index (χ4n) is 2.21. The molecule has 2 heterocycles. The molecule has 1 fully saturated rings. The highest BCUT2D eigenvalue weighted by molar-refractivity contribution is 6.32. The van der Waals surface area contributed by atoms with Gasteiger partial charge in [-0.15, -0.1) is 0 Å². The summed E-state index contributed by atoms with van der Waals surface area (Å²) < 4.78 is 5.37. The van der Waals surface area contributed by atoms with Gasteiger partial charge in [0.05, 0.1) is 0 Å². The zero-order valence-corrected chi connectivity index (χ0v) is 14.4. The van der Waals surface area contributed by atoms with Crippen LogP contribution in [0.4, 0.5) is 10.6 Å². The molecular formula is C14H20Cl2N4O2. The van der Waals surface area contributed by atoms with Crippen LogP contribution < -0.4 is 5.32 Å². The molecular weight excluding hydrogens is 327 g/mol. The molecule has 1 aromatic rings. The van der Waals surface area contributed by atoms with Crippen molar-refractivity contribution in [3.63, 3.8) is 0 Å². The van der Waals surface area contributed by atoms with Crippen molar-refractivity contribution in [2.45, 2.75) is 45.3 Å². The van der Waals surface area contributed by atoms with Crippen LogP contribution >= 0.6 is 23.2 Å². The summed E-state index contributed by atoms with van der Waals surface area (Å²) in [5.74, 6) is 0.598. The van der Waals surface area contributed by atoms with Gasteiger partial charge in [0, 0.05) is 25.2 Å². The highest BCUT2D eigenvalue weighted by Crippen LogP contribution is 2.20. The Hall–Kier alpha value is -1.27. The van der Waals surface area contributed by atoms with E-state index in [0.29, 0.717) is 24.1 Å². The first-order valence-electron chi connectivity index (χ1n) is 7.17. The number of hydrogen-bond acceptors (Lipinski definition) is 5.